The Balaban J connectivity index is 1.00. The number of carbonyl (C=O) groups excluding carboxylic acids is 2. The minimum atomic E-state index is -0.487. The van der Waals surface area contributed by atoms with Crippen LogP contribution in [0.15, 0.2) is 84.9 Å². The Labute approximate surface area is 378 Å². The molecule has 6 aliphatic rings. The molecule has 2 unspecified atom stereocenters. The number of thiophene rings is 1. The molecule has 5 aromatic rings. The fraction of sp³-hybridized carbons (Fsp3) is 0.519. The molecule has 0 aliphatic carbocycles. The quantitative estimate of drug-likeness (QED) is 0.0636. The second-order valence-corrected chi connectivity index (χ2v) is 19.8. The Hall–Kier alpha value is -4.44. The molecular formula is C54H66N2O6S. The zero-order valence-electron chi connectivity index (χ0n) is 37.8. The van der Waals surface area contributed by atoms with Crippen molar-refractivity contribution in [2.24, 2.45) is 23.7 Å². The van der Waals surface area contributed by atoms with Crippen LogP contribution in [0.1, 0.15) is 135 Å². The summed E-state index contributed by atoms with van der Waals surface area (Å²) in [5, 5.41) is 4.28. The van der Waals surface area contributed by atoms with Crippen molar-refractivity contribution in [3.63, 3.8) is 0 Å². The molecule has 0 N–H and O–H groups in total. The number of ether oxygens (including phenoxy) is 4. The van der Waals surface area contributed by atoms with Gasteiger partial charge in [0.1, 0.15) is 33.5 Å². The molecule has 7 heterocycles. The van der Waals surface area contributed by atoms with Gasteiger partial charge in [0.2, 0.25) is 0 Å². The fourth-order valence-electron chi connectivity index (χ4n) is 11.4. The molecule has 8 nitrogen and oxygen atoms in total. The monoisotopic (exact) mass is 870 g/mol. The Bertz CT molecular complexity index is 2220. The van der Waals surface area contributed by atoms with Gasteiger partial charge in [0, 0.05) is 24.2 Å². The number of carbonyl (C=O) groups is 2. The van der Waals surface area contributed by atoms with E-state index in [1.54, 1.807) is 12.1 Å². The Morgan fingerprint density at radius 3 is 1.48 bits per heavy atom. The predicted molar refractivity (Wildman–Crippen MR) is 253 cm³/mol. The molecule has 6 aliphatic heterocycles. The third-order valence-corrected chi connectivity index (χ3v) is 16.1. The van der Waals surface area contributed by atoms with Crippen molar-refractivity contribution < 1.29 is 28.5 Å². The molecule has 9 heteroatoms. The van der Waals surface area contributed by atoms with Crippen molar-refractivity contribution in [2.45, 2.75) is 116 Å². The third-order valence-electron chi connectivity index (χ3n) is 15.0. The Morgan fingerprint density at radius 2 is 1.08 bits per heavy atom. The topological polar surface area (TPSA) is 77.5 Å². The van der Waals surface area contributed by atoms with Gasteiger partial charge in [-0.05, 0) is 133 Å². The number of hydrogen-bond acceptors (Lipinski definition) is 9. The molecule has 11 rings (SSSR count). The van der Waals surface area contributed by atoms with Crippen LogP contribution >= 0.6 is 11.3 Å². The minimum Gasteiger partial charge on any atom is -0.494 e. The number of rotatable bonds is 18. The maximum atomic E-state index is 14.5. The van der Waals surface area contributed by atoms with E-state index in [9.17, 15) is 9.59 Å². The molecule has 1 aromatic heterocycles. The summed E-state index contributed by atoms with van der Waals surface area (Å²) in [5.41, 5.74) is 2.00. The minimum absolute atomic E-state index is 0.0577. The number of esters is 2. The Kier molecular flexibility index (Phi) is 13.7. The highest BCUT2D eigenvalue weighted by molar-refractivity contribution is 7.15. The highest BCUT2D eigenvalue weighted by Crippen LogP contribution is 2.47. The maximum Gasteiger partial charge on any atom is 0.348 e. The number of unbranched alkanes of at least 4 members (excludes halogenated alkanes) is 2. The summed E-state index contributed by atoms with van der Waals surface area (Å²) in [6, 6.07) is 28.8. The zero-order valence-corrected chi connectivity index (χ0v) is 38.6. The molecule has 6 fully saturated rings. The van der Waals surface area contributed by atoms with Gasteiger partial charge >= 0.3 is 11.9 Å². The lowest BCUT2D eigenvalue weighted by molar-refractivity contribution is -0.0658. The van der Waals surface area contributed by atoms with E-state index in [1.165, 1.54) is 24.2 Å². The summed E-state index contributed by atoms with van der Waals surface area (Å²) in [4.78, 5) is 34.9. The molecule has 334 valence electrons. The van der Waals surface area contributed by atoms with Crippen LogP contribution in [0.2, 0.25) is 0 Å². The largest absolute Gasteiger partial charge is 0.494 e. The van der Waals surface area contributed by atoms with Gasteiger partial charge in [0.05, 0.1) is 25.3 Å². The molecule has 10 atom stereocenters. The SMILES string of the molecule is CCCCOc1ccc2cccc([C@H](OC(=O)c3ccc(C(=O)O[C@@H](c4cccc5ccc(OCCCC)cc45)[C@@H]4C[C@@H]5CCN4C[C@@H]5CC)s3)[C@@H]3C[C@@H]4CCN3C[C@@H]4CC)c2c1. The Morgan fingerprint density at radius 1 is 0.619 bits per heavy atom. The molecule has 63 heavy (non-hydrogen) atoms. The fourth-order valence-corrected chi connectivity index (χ4v) is 12.2. The van der Waals surface area contributed by atoms with E-state index in [1.807, 2.05) is 12.1 Å². The summed E-state index contributed by atoms with van der Waals surface area (Å²) < 4.78 is 25.8. The van der Waals surface area contributed by atoms with Gasteiger partial charge in [0.25, 0.3) is 0 Å². The summed E-state index contributed by atoms with van der Waals surface area (Å²) in [6.45, 7) is 14.3. The molecule has 6 saturated heterocycles. The second kappa shape index (κ2) is 19.7. The average Bonchev–Trinajstić information content (AvgIpc) is 3.84. The molecule has 0 saturated carbocycles. The number of hydrogen-bond donors (Lipinski definition) is 0. The summed E-state index contributed by atoms with van der Waals surface area (Å²) in [6.07, 6.45) is 9.80. The normalized spacial score (nSPS) is 26.1. The van der Waals surface area contributed by atoms with E-state index in [-0.39, 0.29) is 12.1 Å². The van der Waals surface area contributed by atoms with Crippen molar-refractivity contribution in [3.05, 3.63) is 106 Å². The van der Waals surface area contributed by atoms with Gasteiger partial charge in [-0.2, -0.15) is 0 Å². The van der Waals surface area contributed by atoms with Crippen LogP contribution < -0.4 is 9.47 Å². The first kappa shape index (κ1) is 43.8. The van der Waals surface area contributed by atoms with Crippen LogP contribution in [-0.4, -0.2) is 73.2 Å². The molecular weight excluding hydrogens is 805 g/mol. The molecule has 0 amide bonds. The lowest BCUT2D eigenvalue weighted by Crippen LogP contribution is -2.55. The van der Waals surface area contributed by atoms with Crippen molar-refractivity contribution >= 4 is 44.8 Å². The van der Waals surface area contributed by atoms with Gasteiger partial charge in [-0.3, -0.25) is 9.80 Å². The van der Waals surface area contributed by atoms with E-state index in [2.05, 4.69) is 98.2 Å². The van der Waals surface area contributed by atoms with Gasteiger partial charge in [-0.1, -0.05) is 102 Å². The van der Waals surface area contributed by atoms with Crippen molar-refractivity contribution in [1.29, 1.82) is 0 Å². The van der Waals surface area contributed by atoms with Crippen LogP contribution in [0.3, 0.4) is 0 Å². The molecule has 4 bridgehead atoms. The van der Waals surface area contributed by atoms with E-state index in [0.717, 1.165) is 122 Å². The van der Waals surface area contributed by atoms with Crippen LogP contribution in [0.4, 0.5) is 0 Å². The molecule has 0 radical (unpaired) electrons. The second-order valence-electron chi connectivity index (χ2n) is 18.7. The van der Waals surface area contributed by atoms with Gasteiger partial charge in [-0.25, -0.2) is 9.59 Å². The van der Waals surface area contributed by atoms with Gasteiger partial charge in [-0.15, -0.1) is 11.3 Å². The van der Waals surface area contributed by atoms with E-state index < -0.39 is 24.1 Å². The first-order valence-electron chi connectivity index (χ1n) is 24.2. The zero-order chi connectivity index (χ0) is 43.5. The average molecular weight is 871 g/mol. The summed E-state index contributed by atoms with van der Waals surface area (Å²) in [7, 11) is 0. The van der Waals surface area contributed by atoms with Crippen LogP contribution in [0.25, 0.3) is 21.5 Å². The third kappa shape index (κ3) is 9.25. The molecule has 0 spiro atoms. The van der Waals surface area contributed by atoms with E-state index in [4.69, 9.17) is 18.9 Å². The van der Waals surface area contributed by atoms with Crippen molar-refractivity contribution in [3.8, 4) is 11.5 Å². The lowest BCUT2D eigenvalue weighted by atomic mass is 9.72. The number of fused-ring (bicyclic) bond motifs is 8. The van der Waals surface area contributed by atoms with Crippen LogP contribution in [0.5, 0.6) is 11.5 Å². The smallest absolute Gasteiger partial charge is 0.348 e. The number of piperidine rings is 6. The first-order valence-corrected chi connectivity index (χ1v) is 25.0. The number of benzene rings is 4. The van der Waals surface area contributed by atoms with Gasteiger partial charge < -0.3 is 18.9 Å². The van der Waals surface area contributed by atoms with E-state index in [0.29, 0.717) is 46.6 Å². The summed E-state index contributed by atoms with van der Waals surface area (Å²) in [5.74, 6) is 3.38. The standard InChI is InChI=1S/C54H66N2O6S/c1-5-9-27-59-41-19-17-37-13-11-15-43(45(37)31-41)51(47-29-39-23-25-55(47)33-35(39)7-3)61-53(57)49-21-22-50(63-49)54(58)62-52(48-30-40-24-26-56(48)34-36(40)8-4)44-16-12-14-38-18-20-42(32-46(38)44)60-28-10-6-2/h11-22,31-32,35-36,39-40,47-48,51-52H,5-10,23-30,33-34H2,1-4H3/t35-,36-,39-,40-,47-,48-,51-,52-/m0/s1. The highest BCUT2D eigenvalue weighted by Gasteiger charge is 2.46. The lowest BCUT2D eigenvalue weighted by Gasteiger charge is -2.51. The van der Waals surface area contributed by atoms with Crippen LogP contribution in [-0.2, 0) is 9.47 Å². The van der Waals surface area contributed by atoms with Crippen LogP contribution in [0, 0.1) is 23.7 Å². The predicted octanol–water partition coefficient (Wildman–Crippen LogP) is 12.4. The summed E-state index contributed by atoms with van der Waals surface area (Å²) >= 11 is 1.17. The van der Waals surface area contributed by atoms with E-state index >= 15 is 0 Å². The molecule has 4 aromatic carbocycles. The van der Waals surface area contributed by atoms with Crippen molar-refractivity contribution in [2.75, 3.05) is 39.4 Å². The number of nitrogens with zero attached hydrogens (tertiary/aromatic N) is 2. The van der Waals surface area contributed by atoms with Crippen molar-refractivity contribution in [1.82, 2.24) is 9.80 Å². The first-order chi connectivity index (χ1) is 30.8. The van der Waals surface area contributed by atoms with Gasteiger partial charge in [0.15, 0.2) is 0 Å². The maximum absolute atomic E-state index is 14.5. The highest BCUT2D eigenvalue weighted by atomic mass is 32.1.